The van der Waals surface area contributed by atoms with Gasteiger partial charge in [-0.15, -0.1) is 0 Å². The van der Waals surface area contributed by atoms with Gasteiger partial charge < -0.3 is 18.3 Å². The highest BCUT2D eigenvalue weighted by Crippen LogP contribution is 2.42. The number of hydrogen-bond acceptors (Lipinski definition) is 8. The largest absolute Gasteiger partial charge is 0.497 e. The maximum atomic E-state index is 12.9. The summed E-state index contributed by atoms with van der Waals surface area (Å²) in [6.45, 7) is 0. The van der Waals surface area contributed by atoms with Crippen LogP contribution in [-0.2, 0) is 4.79 Å². The number of benzene rings is 3. The van der Waals surface area contributed by atoms with Crippen molar-refractivity contribution in [1.29, 1.82) is 5.26 Å². The molecule has 0 saturated carbocycles. The van der Waals surface area contributed by atoms with E-state index < -0.39 is 0 Å². The molecule has 0 aliphatic rings. The van der Waals surface area contributed by atoms with Gasteiger partial charge in [0, 0.05) is 16.1 Å². The summed E-state index contributed by atoms with van der Waals surface area (Å²) >= 11 is 7.13. The lowest BCUT2D eigenvalue weighted by atomic mass is 9.98. The molecule has 0 saturated heterocycles. The van der Waals surface area contributed by atoms with Gasteiger partial charge in [0.25, 0.3) is 5.22 Å². The molecule has 10 heteroatoms. The number of anilines is 1. The number of aromatic nitrogens is 1. The number of ether oxygens (including phenoxy) is 2. The minimum atomic E-state index is -0.386. The van der Waals surface area contributed by atoms with Gasteiger partial charge >= 0.3 is 0 Å². The van der Waals surface area contributed by atoms with E-state index in [0.717, 1.165) is 17.3 Å². The van der Waals surface area contributed by atoms with Crippen LogP contribution in [-0.4, -0.2) is 30.9 Å². The molecule has 190 valence electrons. The number of nitrogens with zero attached hydrogens (tertiary/aromatic N) is 2. The summed E-state index contributed by atoms with van der Waals surface area (Å²) in [5.74, 6) is 1.45. The van der Waals surface area contributed by atoms with Crippen LogP contribution in [0.3, 0.4) is 0 Å². The Morgan fingerprint density at radius 3 is 2.29 bits per heavy atom. The maximum Gasteiger partial charge on any atom is 0.257 e. The first-order valence-corrected chi connectivity index (χ1v) is 12.7. The lowest BCUT2D eigenvalue weighted by Crippen LogP contribution is -2.14. The number of hydrogen-bond donors (Lipinski definition) is 1. The number of carbonyl (C=O) groups excluding carboxylic acids is 1. The van der Waals surface area contributed by atoms with Crippen LogP contribution in [0.25, 0.3) is 33.6 Å². The van der Waals surface area contributed by atoms with E-state index >= 15 is 0 Å². The van der Waals surface area contributed by atoms with Crippen molar-refractivity contribution in [3.63, 3.8) is 0 Å². The molecule has 5 rings (SSSR count). The molecule has 38 heavy (non-hydrogen) atoms. The molecule has 1 N–H and O–H groups in total. The monoisotopic (exact) mass is 545 g/mol. The average molecular weight is 546 g/mol. The van der Waals surface area contributed by atoms with Crippen molar-refractivity contribution in [3.8, 4) is 40.0 Å². The zero-order valence-corrected chi connectivity index (χ0v) is 21.9. The van der Waals surface area contributed by atoms with Crippen LogP contribution in [0, 0.1) is 11.3 Å². The molecule has 1 amide bonds. The third-order valence-electron chi connectivity index (χ3n) is 5.66. The number of carbonyl (C=O) groups is 1. The molecule has 2 heterocycles. The van der Waals surface area contributed by atoms with Crippen LogP contribution in [0.5, 0.6) is 11.5 Å². The van der Waals surface area contributed by atoms with Crippen LogP contribution >= 0.6 is 23.4 Å². The lowest BCUT2D eigenvalue weighted by Gasteiger charge is -2.06. The number of oxazole rings is 1. The number of rotatable bonds is 8. The van der Waals surface area contributed by atoms with E-state index in [0.29, 0.717) is 49.7 Å². The van der Waals surface area contributed by atoms with Crippen LogP contribution in [0.15, 0.2) is 80.8 Å². The standard InChI is InChI=1S/C28H20ClN3O5S/c1-34-19-8-3-16(4-9-19)25-21(14-30)27(37-26(25)17-5-10-20(35-2)11-6-17)32-24(33)15-38-28-31-22-13-18(29)7-12-23(22)36-28/h3-13H,15H2,1-2H3,(H,32,33). The summed E-state index contributed by atoms with van der Waals surface area (Å²) in [4.78, 5) is 17.2. The first kappa shape index (κ1) is 25.3. The minimum Gasteiger partial charge on any atom is -0.497 e. The Kier molecular flexibility index (Phi) is 7.26. The predicted molar refractivity (Wildman–Crippen MR) is 146 cm³/mol. The van der Waals surface area contributed by atoms with E-state index in [1.807, 2.05) is 24.3 Å². The van der Waals surface area contributed by atoms with Gasteiger partial charge in [-0.1, -0.05) is 35.5 Å². The van der Waals surface area contributed by atoms with E-state index in [9.17, 15) is 10.1 Å². The predicted octanol–water partition coefficient (Wildman–Crippen LogP) is 7.03. The van der Waals surface area contributed by atoms with E-state index in [4.69, 9.17) is 29.9 Å². The van der Waals surface area contributed by atoms with Crippen LogP contribution < -0.4 is 14.8 Å². The molecule has 3 aromatic carbocycles. The average Bonchev–Trinajstić information content (AvgIpc) is 3.52. The highest BCUT2D eigenvalue weighted by molar-refractivity contribution is 7.99. The number of nitrogens with one attached hydrogen (secondary N) is 1. The summed E-state index contributed by atoms with van der Waals surface area (Å²) in [6.07, 6.45) is 0. The second-order valence-electron chi connectivity index (χ2n) is 8.01. The van der Waals surface area contributed by atoms with Crippen LogP contribution in [0.1, 0.15) is 5.56 Å². The minimum absolute atomic E-state index is 0.0120. The van der Waals surface area contributed by atoms with E-state index in [1.165, 1.54) is 0 Å². The number of amides is 1. The Morgan fingerprint density at radius 1 is 1.00 bits per heavy atom. The number of methoxy groups -OCH3 is 2. The fourth-order valence-electron chi connectivity index (χ4n) is 3.84. The van der Waals surface area contributed by atoms with Gasteiger partial charge in [0.1, 0.15) is 34.4 Å². The second-order valence-corrected chi connectivity index (χ2v) is 9.37. The van der Waals surface area contributed by atoms with Gasteiger partial charge in [-0.3, -0.25) is 10.1 Å². The summed E-state index contributed by atoms with van der Waals surface area (Å²) in [6, 6.07) is 21.8. The van der Waals surface area contributed by atoms with Crippen molar-refractivity contribution in [1.82, 2.24) is 4.98 Å². The fraction of sp³-hybridized carbons (Fsp3) is 0.107. The van der Waals surface area contributed by atoms with Gasteiger partial charge in [0.05, 0.1) is 20.0 Å². The molecule has 2 aromatic heterocycles. The van der Waals surface area contributed by atoms with E-state index in [2.05, 4.69) is 16.4 Å². The molecule has 8 nitrogen and oxygen atoms in total. The van der Waals surface area contributed by atoms with Gasteiger partial charge in [-0.2, -0.15) is 5.26 Å². The Morgan fingerprint density at radius 2 is 1.66 bits per heavy atom. The number of fused-ring (bicyclic) bond motifs is 1. The van der Waals surface area contributed by atoms with Crippen LogP contribution in [0.2, 0.25) is 5.02 Å². The SMILES string of the molecule is COc1ccc(-c2oc(NC(=O)CSc3nc4cc(Cl)ccc4o3)c(C#N)c2-c2ccc(OC)cc2)cc1. The normalized spacial score (nSPS) is 10.8. The summed E-state index contributed by atoms with van der Waals surface area (Å²) in [5.41, 5.74) is 3.38. The van der Waals surface area contributed by atoms with Gasteiger partial charge in [-0.05, 0) is 60.2 Å². The molecule has 5 aromatic rings. The molecule has 0 atom stereocenters. The van der Waals surface area contributed by atoms with Crippen molar-refractivity contribution >= 4 is 46.3 Å². The number of nitriles is 1. The van der Waals surface area contributed by atoms with Crippen molar-refractivity contribution in [3.05, 3.63) is 77.3 Å². The van der Waals surface area contributed by atoms with Crippen molar-refractivity contribution in [2.24, 2.45) is 0 Å². The number of furan rings is 1. The lowest BCUT2D eigenvalue weighted by molar-refractivity contribution is -0.113. The van der Waals surface area contributed by atoms with Crippen molar-refractivity contribution < 1.29 is 23.1 Å². The summed E-state index contributed by atoms with van der Waals surface area (Å²) in [7, 11) is 3.16. The van der Waals surface area contributed by atoms with Crippen molar-refractivity contribution in [2.45, 2.75) is 5.22 Å². The Labute approximate surface area is 227 Å². The molecule has 0 aliphatic carbocycles. The Balaban J connectivity index is 1.44. The molecule has 0 unspecified atom stereocenters. The second kappa shape index (κ2) is 10.9. The zero-order chi connectivity index (χ0) is 26.6. The molecular weight excluding hydrogens is 526 g/mol. The van der Waals surface area contributed by atoms with Gasteiger partial charge in [-0.25, -0.2) is 4.98 Å². The highest BCUT2D eigenvalue weighted by Gasteiger charge is 2.25. The molecule has 0 fully saturated rings. The fourth-order valence-corrected chi connectivity index (χ4v) is 4.64. The topological polar surface area (TPSA) is 111 Å². The molecule has 0 aliphatic heterocycles. The molecule has 0 bridgehead atoms. The third-order valence-corrected chi connectivity index (χ3v) is 6.72. The Bertz CT molecular complexity index is 1650. The van der Waals surface area contributed by atoms with Gasteiger partial charge in [0.2, 0.25) is 11.8 Å². The maximum absolute atomic E-state index is 12.9. The molecular formula is C28H20ClN3O5S. The number of thioether (sulfide) groups is 1. The smallest absolute Gasteiger partial charge is 0.257 e. The first-order chi connectivity index (χ1) is 18.5. The number of halogens is 1. The van der Waals surface area contributed by atoms with Crippen molar-refractivity contribution in [2.75, 3.05) is 25.3 Å². The quantitative estimate of drug-likeness (QED) is 0.207. The molecule has 0 radical (unpaired) electrons. The van der Waals surface area contributed by atoms with E-state index in [-0.39, 0.29) is 23.1 Å². The van der Waals surface area contributed by atoms with Crippen LogP contribution in [0.4, 0.5) is 5.88 Å². The summed E-state index contributed by atoms with van der Waals surface area (Å²) in [5, 5.41) is 13.7. The first-order valence-electron chi connectivity index (χ1n) is 11.3. The third kappa shape index (κ3) is 5.18. The summed E-state index contributed by atoms with van der Waals surface area (Å²) < 4.78 is 22.3. The zero-order valence-electron chi connectivity index (χ0n) is 20.3. The van der Waals surface area contributed by atoms with Gasteiger partial charge in [0.15, 0.2) is 5.58 Å². The van der Waals surface area contributed by atoms with E-state index in [1.54, 1.807) is 56.7 Å². The molecule has 0 spiro atoms. The Hall–Kier alpha value is -4.39. The highest BCUT2D eigenvalue weighted by atomic mass is 35.5.